The van der Waals surface area contributed by atoms with Gasteiger partial charge in [0.1, 0.15) is 15.6 Å². The number of hydrogen-bond donors (Lipinski definition) is 2. The number of rotatable bonds is 10. The molecule has 0 spiro atoms. The van der Waals surface area contributed by atoms with Crippen molar-refractivity contribution in [3.05, 3.63) is 29.8 Å². The van der Waals surface area contributed by atoms with Crippen LogP contribution in [0.15, 0.2) is 29.3 Å². The van der Waals surface area contributed by atoms with Crippen LogP contribution in [-0.4, -0.2) is 70.6 Å². The molecule has 1 fully saturated rings. The molecule has 2 N–H and O–H groups in total. The lowest BCUT2D eigenvalue weighted by Crippen LogP contribution is -2.43. The Morgan fingerprint density at radius 3 is 2.52 bits per heavy atom. The van der Waals surface area contributed by atoms with Gasteiger partial charge in [-0.25, -0.2) is 8.42 Å². The minimum atomic E-state index is -2.97. The van der Waals surface area contributed by atoms with Gasteiger partial charge < -0.3 is 15.4 Å². The number of methoxy groups -OCH3 is 1. The molecule has 178 valence electrons. The Morgan fingerprint density at radius 2 is 1.90 bits per heavy atom. The van der Waals surface area contributed by atoms with Gasteiger partial charge >= 0.3 is 0 Å². The largest absolute Gasteiger partial charge is 0.496 e. The summed E-state index contributed by atoms with van der Waals surface area (Å²) in [5.74, 6) is 1.77. The molecule has 9 heteroatoms. The van der Waals surface area contributed by atoms with Gasteiger partial charge in [-0.3, -0.25) is 9.89 Å². The van der Waals surface area contributed by atoms with Gasteiger partial charge in [0.15, 0.2) is 5.96 Å². The van der Waals surface area contributed by atoms with Crippen molar-refractivity contribution in [1.29, 1.82) is 0 Å². The summed E-state index contributed by atoms with van der Waals surface area (Å²) in [6.07, 6.45) is 5.51. The number of benzene rings is 1. The molecule has 1 aliphatic heterocycles. The van der Waals surface area contributed by atoms with E-state index in [1.54, 1.807) is 7.11 Å². The third kappa shape index (κ3) is 9.95. The first-order valence-electron chi connectivity index (χ1n) is 10.9. The van der Waals surface area contributed by atoms with Gasteiger partial charge in [0.2, 0.25) is 0 Å². The highest BCUT2D eigenvalue weighted by molar-refractivity contribution is 14.0. The van der Waals surface area contributed by atoms with E-state index in [1.165, 1.54) is 25.5 Å². The predicted octanol–water partition coefficient (Wildman–Crippen LogP) is 3.22. The summed E-state index contributed by atoms with van der Waals surface area (Å²) in [6.45, 7) is 7.49. The molecular weight excluding hydrogens is 527 g/mol. The van der Waals surface area contributed by atoms with E-state index < -0.39 is 9.84 Å². The predicted molar refractivity (Wildman–Crippen MR) is 139 cm³/mol. The molecule has 1 saturated heterocycles. The minimum Gasteiger partial charge on any atom is -0.496 e. The van der Waals surface area contributed by atoms with Crippen LogP contribution in [-0.2, 0) is 9.84 Å². The number of likely N-dealkylation sites (tertiary alicyclic amines) is 1. The van der Waals surface area contributed by atoms with E-state index in [0.717, 1.165) is 36.9 Å². The standard InChI is InChI=1S/C22H38N4O3S.HI/c1-5-23-22(25-18(2)13-16-30(4,27)28)24-17-20(26-14-9-6-10-15-26)19-11-7-8-12-21(19)29-3;/h7-8,11-12,18,20H,5-6,9-10,13-17H2,1-4H3,(H2,23,24,25);1H. The molecule has 1 heterocycles. The van der Waals surface area contributed by atoms with Crippen molar-refractivity contribution in [2.45, 2.75) is 51.6 Å². The van der Waals surface area contributed by atoms with Gasteiger partial charge in [0, 0.05) is 24.4 Å². The number of halogens is 1. The number of hydrogen-bond acceptors (Lipinski definition) is 5. The second kappa shape index (κ2) is 14.2. The lowest BCUT2D eigenvalue weighted by molar-refractivity contribution is 0.165. The van der Waals surface area contributed by atoms with E-state index in [9.17, 15) is 8.42 Å². The van der Waals surface area contributed by atoms with Gasteiger partial charge in [-0.1, -0.05) is 24.6 Å². The first kappa shape index (κ1) is 28.0. The number of nitrogens with zero attached hydrogens (tertiary/aromatic N) is 2. The fourth-order valence-electron chi connectivity index (χ4n) is 3.78. The Kier molecular flexibility index (Phi) is 12.8. The van der Waals surface area contributed by atoms with Crippen molar-refractivity contribution >= 4 is 39.8 Å². The molecule has 0 amide bonds. The Bertz CT molecular complexity index is 783. The molecule has 2 rings (SSSR count). The first-order chi connectivity index (χ1) is 14.3. The van der Waals surface area contributed by atoms with Crippen LogP contribution < -0.4 is 15.4 Å². The quantitative estimate of drug-likeness (QED) is 0.257. The lowest BCUT2D eigenvalue weighted by Gasteiger charge is -2.34. The maximum Gasteiger partial charge on any atom is 0.191 e. The molecule has 31 heavy (non-hydrogen) atoms. The van der Waals surface area contributed by atoms with Gasteiger partial charge in [-0.15, -0.1) is 24.0 Å². The molecule has 0 aromatic heterocycles. The summed E-state index contributed by atoms with van der Waals surface area (Å²) in [7, 11) is -1.26. The average molecular weight is 567 g/mol. The summed E-state index contributed by atoms with van der Waals surface area (Å²) in [4.78, 5) is 7.37. The third-order valence-corrected chi connectivity index (χ3v) is 6.38. The normalized spacial score (nSPS) is 17.4. The van der Waals surface area contributed by atoms with Crippen molar-refractivity contribution in [2.75, 3.05) is 45.3 Å². The zero-order valence-corrected chi connectivity index (χ0v) is 22.4. The van der Waals surface area contributed by atoms with E-state index in [-0.39, 0.29) is 41.8 Å². The summed E-state index contributed by atoms with van der Waals surface area (Å²) in [6, 6.07) is 8.33. The van der Waals surface area contributed by atoms with Gasteiger partial charge in [0.05, 0.1) is 25.4 Å². The summed E-state index contributed by atoms with van der Waals surface area (Å²) in [5.41, 5.74) is 1.16. The molecular formula is C22H39IN4O3S. The summed E-state index contributed by atoms with van der Waals surface area (Å²) < 4.78 is 28.6. The number of guanidine groups is 1. The van der Waals surface area contributed by atoms with Crippen LogP contribution in [0.2, 0.25) is 0 Å². The average Bonchev–Trinajstić information content (AvgIpc) is 2.73. The molecule has 2 unspecified atom stereocenters. The summed E-state index contributed by atoms with van der Waals surface area (Å²) >= 11 is 0. The van der Waals surface area contributed by atoms with E-state index in [4.69, 9.17) is 9.73 Å². The summed E-state index contributed by atoms with van der Waals surface area (Å²) in [5, 5.41) is 6.64. The number of sulfone groups is 1. The van der Waals surface area contributed by atoms with E-state index >= 15 is 0 Å². The van der Waals surface area contributed by atoms with Crippen LogP contribution in [0.4, 0.5) is 0 Å². The number of para-hydroxylation sites is 1. The van der Waals surface area contributed by atoms with Crippen molar-refractivity contribution in [1.82, 2.24) is 15.5 Å². The van der Waals surface area contributed by atoms with Crippen molar-refractivity contribution in [3.8, 4) is 5.75 Å². The number of ether oxygens (including phenoxy) is 1. The molecule has 1 aliphatic rings. The van der Waals surface area contributed by atoms with Crippen molar-refractivity contribution < 1.29 is 13.2 Å². The van der Waals surface area contributed by atoms with Crippen LogP contribution in [0.1, 0.15) is 51.1 Å². The monoisotopic (exact) mass is 566 g/mol. The SMILES string of the molecule is CCNC(=NCC(c1ccccc1OC)N1CCCCC1)NC(C)CCS(C)(=O)=O.I. The zero-order chi connectivity index (χ0) is 22.0. The van der Waals surface area contributed by atoms with Gasteiger partial charge in [0.25, 0.3) is 0 Å². The molecule has 0 aliphatic carbocycles. The number of aliphatic imine (C=N–C) groups is 1. The van der Waals surface area contributed by atoms with Crippen LogP contribution in [0.3, 0.4) is 0 Å². The van der Waals surface area contributed by atoms with Crippen molar-refractivity contribution in [3.63, 3.8) is 0 Å². The Labute approximate surface area is 205 Å². The highest BCUT2D eigenvalue weighted by Crippen LogP contribution is 2.31. The highest BCUT2D eigenvalue weighted by Gasteiger charge is 2.25. The molecule has 0 saturated carbocycles. The Morgan fingerprint density at radius 1 is 1.23 bits per heavy atom. The third-order valence-electron chi connectivity index (χ3n) is 5.40. The molecule has 1 aromatic carbocycles. The second-order valence-electron chi connectivity index (χ2n) is 8.04. The van der Waals surface area contributed by atoms with Gasteiger partial charge in [-0.05, 0) is 52.3 Å². The number of piperidine rings is 1. The van der Waals surface area contributed by atoms with Crippen LogP contribution in [0.25, 0.3) is 0 Å². The molecule has 2 atom stereocenters. The van der Waals surface area contributed by atoms with Crippen LogP contribution in [0, 0.1) is 0 Å². The van der Waals surface area contributed by atoms with E-state index in [0.29, 0.717) is 13.0 Å². The first-order valence-corrected chi connectivity index (χ1v) is 13.0. The van der Waals surface area contributed by atoms with Gasteiger partial charge in [-0.2, -0.15) is 0 Å². The smallest absolute Gasteiger partial charge is 0.191 e. The maximum absolute atomic E-state index is 11.5. The minimum absolute atomic E-state index is 0. The topological polar surface area (TPSA) is 83.0 Å². The zero-order valence-electron chi connectivity index (χ0n) is 19.3. The molecule has 0 bridgehead atoms. The van der Waals surface area contributed by atoms with E-state index in [1.807, 2.05) is 26.0 Å². The Balaban J connectivity index is 0.00000480. The lowest BCUT2D eigenvalue weighted by atomic mass is 10.0. The van der Waals surface area contributed by atoms with E-state index in [2.05, 4.69) is 27.7 Å². The maximum atomic E-state index is 11.5. The fourth-order valence-corrected chi connectivity index (χ4v) is 4.56. The van der Waals surface area contributed by atoms with Crippen LogP contribution in [0.5, 0.6) is 5.75 Å². The molecule has 7 nitrogen and oxygen atoms in total. The number of nitrogens with one attached hydrogen (secondary N) is 2. The molecule has 0 radical (unpaired) electrons. The van der Waals surface area contributed by atoms with Crippen LogP contribution >= 0.6 is 24.0 Å². The fraction of sp³-hybridized carbons (Fsp3) is 0.682. The Hall–Kier alpha value is -1.07. The van der Waals surface area contributed by atoms with Crippen molar-refractivity contribution in [2.24, 2.45) is 4.99 Å². The molecule has 1 aromatic rings. The second-order valence-corrected chi connectivity index (χ2v) is 10.3. The highest BCUT2D eigenvalue weighted by atomic mass is 127.